The summed E-state index contributed by atoms with van der Waals surface area (Å²) in [5.41, 5.74) is 0. The van der Waals surface area contributed by atoms with Gasteiger partial charge in [-0.25, -0.2) is 8.42 Å². The Balaban J connectivity index is 2.05. The topological polar surface area (TPSA) is 60.9 Å². The lowest BCUT2D eigenvalue weighted by Gasteiger charge is -2.38. The number of nitrogens with zero attached hydrogens (tertiary/aromatic N) is 2. The van der Waals surface area contributed by atoms with E-state index in [1.807, 2.05) is 14.1 Å². The third kappa shape index (κ3) is 3.93. The minimum absolute atomic E-state index is 0.195. The van der Waals surface area contributed by atoms with E-state index < -0.39 is 9.84 Å². The van der Waals surface area contributed by atoms with Gasteiger partial charge in [-0.1, -0.05) is 6.42 Å². The number of aliphatic hydroxyl groups excluding tert-OH is 1. The third-order valence-electron chi connectivity index (χ3n) is 4.68. The maximum absolute atomic E-state index is 11.8. The van der Waals surface area contributed by atoms with Gasteiger partial charge in [-0.2, -0.15) is 0 Å². The van der Waals surface area contributed by atoms with Crippen molar-refractivity contribution in [1.29, 1.82) is 0 Å². The fourth-order valence-corrected chi connectivity index (χ4v) is 4.94. The average Bonchev–Trinajstić information content (AvgIpc) is 2.68. The molecule has 1 saturated carbocycles. The predicted molar refractivity (Wildman–Crippen MR) is 80.6 cm³/mol. The zero-order chi connectivity index (χ0) is 14.9. The van der Waals surface area contributed by atoms with Crippen LogP contribution < -0.4 is 0 Å². The molecular formula is C14H28N2O3S. The molecule has 0 bridgehead atoms. The molecule has 0 radical (unpaired) electrons. The van der Waals surface area contributed by atoms with Crippen LogP contribution in [0.3, 0.4) is 0 Å². The van der Waals surface area contributed by atoms with Gasteiger partial charge in [0, 0.05) is 31.4 Å². The number of likely N-dealkylation sites (N-methyl/N-ethyl adjacent to an activating group) is 1. The molecule has 0 aromatic rings. The van der Waals surface area contributed by atoms with Crippen LogP contribution >= 0.6 is 0 Å². The summed E-state index contributed by atoms with van der Waals surface area (Å²) in [6, 6.07) is 0.661. The molecule has 4 unspecified atom stereocenters. The molecular weight excluding hydrogens is 276 g/mol. The zero-order valence-corrected chi connectivity index (χ0v) is 13.6. The fourth-order valence-electron chi connectivity index (χ4n) is 3.77. The normalized spacial score (nSPS) is 36.6. The second kappa shape index (κ2) is 6.30. The molecule has 1 N–H and O–H groups in total. The van der Waals surface area contributed by atoms with Crippen molar-refractivity contribution in [1.82, 2.24) is 9.80 Å². The average molecular weight is 304 g/mol. The van der Waals surface area contributed by atoms with E-state index in [1.165, 1.54) is 6.26 Å². The van der Waals surface area contributed by atoms with Crippen LogP contribution in [0.25, 0.3) is 0 Å². The second-order valence-corrected chi connectivity index (χ2v) is 9.10. The van der Waals surface area contributed by atoms with E-state index in [4.69, 9.17) is 0 Å². The summed E-state index contributed by atoms with van der Waals surface area (Å²) in [5, 5.41) is 9.77. The first kappa shape index (κ1) is 16.2. The molecule has 2 aliphatic rings. The van der Waals surface area contributed by atoms with Crippen molar-refractivity contribution in [3.8, 4) is 0 Å². The molecule has 0 aromatic heterocycles. The van der Waals surface area contributed by atoms with Crippen molar-refractivity contribution < 1.29 is 13.5 Å². The number of sulfone groups is 1. The van der Waals surface area contributed by atoms with Crippen LogP contribution in [0.5, 0.6) is 0 Å². The molecule has 1 aliphatic heterocycles. The maximum atomic E-state index is 11.8. The molecule has 20 heavy (non-hydrogen) atoms. The van der Waals surface area contributed by atoms with Crippen LogP contribution in [-0.4, -0.2) is 80.2 Å². The number of hydrogen-bond donors (Lipinski definition) is 1. The van der Waals surface area contributed by atoms with E-state index in [0.29, 0.717) is 18.6 Å². The summed E-state index contributed by atoms with van der Waals surface area (Å²) in [6.45, 7) is 1.62. The highest BCUT2D eigenvalue weighted by Crippen LogP contribution is 2.32. The van der Waals surface area contributed by atoms with Gasteiger partial charge in [-0.05, 0) is 39.8 Å². The Hall–Kier alpha value is -0.170. The lowest BCUT2D eigenvalue weighted by atomic mass is 9.93. The maximum Gasteiger partial charge on any atom is 0.150 e. The van der Waals surface area contributed by atoms with Crippen molar-refractivity contribution in [2.75, 3.05) is 33.4 Å². The standard InChI is InChI=1S/C14H28N2O3S/c1-15(2)9-12-7-13(17)10-16(12)11-5-4-6-14(8-11)20(3,18)19/h11-14,17H,4-10H2,1-3H3. The lowest BCUT2D eigenvalue weighted by Crippen LogP contribution is -2.47. The van der Waals surface area contributed by atoms with Gasteiger partial charge >= 0.3 is 0 Å². The summed E-state index contributed by atoms with van der Waals surface area (Å²) in [4.78, 5) is 4.51. The van der Waals surface area contributed by atoms with Crippen molar-refractivity contribution in [3.05, 3.63) is 0 Å². The molecule has 118 valence electrons. The molecule has 4 atom stereocenters. The minimum atomic E-state index is -2.94. The molecule has 1 heterocycles. The first-order valence-electron chi connectivity index (χ1n) is 7.54. The van der Waals surface area contributed by atoms with Gasteiger partial charge in [0.1, 0.15) is 9.84 Å². The van der Waals surface area contributed by atoms with E-state index in [1.54, 1.807) is 0 Å². The summed E-state index contributed by atoms with van der Waals surface area (Å²) in [6.07, 6.45) is 5.46. The van der Waals surface area contributed by atoms with E-state index >= 15 is 0 Å². The number of rotatable bonds is 4. The molecule has 1 aliphatic carbocycles. The Morgan fingerprint density at radius 3 is 2.55 bits per heavy atom. The molecule has 2 fully saturated rings. The van der Waals surface area contributed by atoms with Crippen LogP contribution in [-0.2, 0) is 9.84 Å². The Bertz CT molecular complexity index is 424. The van der Waals surface area contributed by atoms with E-state index in [0.717, 1.165) is 38.6 Å². The highest BCUT2D eigenvalue weighted by Gasteiger charge is 2.39. The summed E-state index contributed by atoms with van der Waals surface area (Å²) in [7, 11) is 1.15. The monoisotopic (exact) mass is 304 g/mol. The SMILES string of the molecule is CN(C)CC1CC(O)CN1C1CCCC(S(C)(=O)=O)C1. The molecule has 0 amide bonds. The van der Waals surface area contributed by atoms with Gasteiger partial charge in [-0.3, -0.25) is 4.90 Å². The van der Waals surface area contributed by atoms with Gasteiger partial charge in [0.05, 0.1) is 11.4 Å². The first-order chi connectivity index (χ1) is 9.27. The largest absolute Gasteiger partial charge is 0.392 e. The van der Waals surface area contributed by atoms with Crippen molar-refractivity contribution in [3.63, 3.8) is 0 Å². The summed E-state index contributed by atoms with van der Waals surface area (Å²) < 4.78 is 23.6. The van der Waals surface area contributed by atoms with Crippen LogP contribution in [0.15, 0.2) is 0 Å². The van der Waals surface area contributed by atoms with Crippen LogP contribution in [0.1, 0.15) is 32.1 Å². The van der Waals surface area contributed by atoms with Gasteiger partial charge < -0.3 is 10.0 Å². The van der Waals surface area contributed by atoms with Crippen molar-refractivity contribution in [2.45, 2.75) is 55.5 Å². The highest BCUT2D eigenvalue weighted by molar-refractivity contribution is 7.91. The van der Waals surface area contributed by atoms with E-state index in [-0.39, 0.29) is 11.4 Å². The molecule has 0 spiro atoms. The fraction of sp³-hybridized carbons (Fsp3) is 1.00. The second-order valence-electron chi connectivity index (χ2n) is 6.77. The quantitative estimate of drug-likeness (QED) is 0.811. The highest BCUT2D eigenvalue weighted by atomic mass is 32.2. The van der Waals surface area contributed by atoms with E-state index in [2.05, 4.69) is 9.80 Å². The van der Waals surface area contributed by atoms with Gasteiger partial charge in [-0.15, -0.1) is 0 Å². The minimum Gasteiger partial charge on any atom is -0.392 e. The predicted octanol–water partition coefficient (Wildman–Crippen LogP) is 0.339. The van der Waals surface area contributed by atoms with Gasteiger partial charge in [0.15, 0.2) is 0 Å². The van der Waals surface area contributed by atoms with Gasteiger partial charge in [0.25, 0.3) is 0 Å². The number of aliphatic hydroxyl groups is 1. The molecule has 2 rings (SSSR count). The van der Waals surface area contributed by atoms with Crippen LogP contribution in [0.4, 0.5) is 0 Å². The van der Waals surface area contributed by atoms with Crippen LogP contribution in [0.2, 0.25) is 0 Å². The zero-order valence-electron chi connectivity index (χ0n) is 12.8. The van der Waals surface area contributed by atoms with Crippen molar-refractivity contribution in [2.24, 2.45) is 0 Å². The first-order valence-corrected chi connectivity index (χ1v) is 9.50. The Labute approximate surface area is 122 Å². The molecule has 0 aromatic carbocycles. The third-order valence-corrected chi connectivity index (χ3v) is 6.32. The summed E-state index contributed by atoms with van der Waals surface area (Å²) in [5.74, 6) is 0. The Morgan fingerprint density at radius 2 is 1.95 bits per heavy atom. The number of hydrogen-bond acceptors (Lipinski definition) is 5. The van der Waals surface area contributed by atoms with Crippen LogP contribution in [0, 0.1) is 0 Å². The van der Waals surface area contributed by atoms with Crippen molar-refractivity contribution >= 4 is 9.84 Å². The molecule has 1 saturated heterocycles. The van der Waals surface area contributed by atoms with E-state index in [9.17, 15) is 13.5 Å². The summed E-state index contributed by atoms with van der Waals surface area (Å²) >= 11 is 0. The number of likely N-dealkylation sites (tertiary alicyclic amines) is 1. The Kier molecular flexibility index (Phi) is 5.10. The number of β-amino-alcohol motifs (C(OH)–C–C–N with tert-alkyl or cyclic N) is 1. The molecule has 5 nitrogen and oxygen atoms in total. The lowest BCUT2D eigenvalue weighted by molar-refractivity contribution is 0.112. The Morgan fingerprint density at radius 1 is 1.25 bits per heavy atom. The molecule has 6 heteroatoms. The van der Waals surface area contributed by atoms with Gasteiger partial charge in [0.2, 0.25) is 0 Å². The smallest absolute Gasteiger partial charge is 0.150 e.